The van der Waals surface area contributed by atoms with Gasteiger partial charge in [0.1, 0.15) is 5.75 Å². The molecule has 4 heteroatoms. The highest BCUT2D eigenvalue weighted by atomic mass is 16.5. The summed E-state index contributed by atoms with van der Waals surface area (Å²) < 4.78 is 5.65. The molecule has 0 unspecified atom stereocenters. The highest BCUT2D eigenvalue weighted by Crippen LogP contribution is 2.25. The van der Waals surface area contributed by atoms with Crippen LogP contribution < -0.4 is 10.1 Å². The van der Waals surface area contributed by atoms with Gasteiger partial charge in [0, 0.05) is 6.04 Å². The second-order valence-corrected chi connectivity index (χ2v) is 5.55. The molecule has 4 nitrogen and oxygen atoms in total. The van der Waals surface area contributed by atoms with Crippen molar-refractivity contribution in [2.75, 3.05) is 6.61 Å². The van der Waals surface area contributed by atoms with Crippen LogP contribution in [0, 0.1) is 13.8 Å². The van der Waals surface area contributed by atoms with E-state index in [1.54, 1.807) is 0 Å². The van der Waals surface area contributed by atoms with Gasteiger partial charge in [0.25, 0.3) is 5.91 Å². The molecule has 1 fully saturated rings. The number of nitrogens with one attached hydrogen (secondary N) is 1. The zero-order valence-electron chi connectivity index (χ0n) is 12.2. The molecule has 0 aromatic heterocycles. The summed E-state index contributed by atoms with van der Waals surface area (Å²) in [4.78, 5) is 11.8. The molecule has 20 heavy (non-hydrogen) atoms. The third kappa shape index (κ3) is 3.73. The van der Waals surface area contributed by atoms with Crippen molar-refractivity contribution in [2.45, 2.75) is 52.2 Å². The van der Waals surface area contributed by atoms with Crippen LogP contribution in [-0.4, -0.2) is 23.7 Å². The Morgan fingerprint density at radius 3 is 2.45 bits per heavy atom. The predicted octanol–water partition coefficient (Wildman–Crippen LogP) is 2.23. The number of aliphatic hydroxyl groups is 1. The summed E-state index contributed by atoms with van der Waals surface area (Å²) in [6, 6.07) is 4.10. The topological polar surface area (TPSA) is 58.6 Å². The number of ether oxygens (including phenoxy) is 1. The van der Waals surface area contributed by atoms with E-state index in [-0.39, 0.29) is 19.1 Å². The molecule has 0 radical (unpaired) electrons. The minimum Gasteiger partial charge on any atom is -0.483 e. The number of rotatable bonds is 5. The van der Waals surface area contributed by atoms with Gasteiger partial charge in [-0.25, -0.2) is 0 Å². The summed E-state index contributed by atoms with van der Waals surface area (Å²) in [5, 5.41) is 12.2. The largest absolute Gasteiger partial charge is 0.483 e. The Hall–Kier alpha value is -1.55. The number of hydrogen-bond donors (Lipinski definition) is 2. The van der Waals surface area contributed by atoms with Crippen LogP contribution >= 0.6 is 0 Å². The maximum Gasteiger partial charge on any atom is 0.258 e. The van der Waals surface area contributed by atoms with Gasteiger partial charge in [0.2, 0.25) is 0 Å². The fourth-order valence-electron chi connectivity index (χ4n) is 2.84. The van der Waals surface area contributed by atoms with Crippen LogP contribution in [0.1, 0.15) is 42.4 Å². The Balaban J connectivity index is 1.91. The smallest absolute Gasteiger partial charge is 0.258 e. The first-order chi connectivity index (χ1) is 9.60. The number of aryl methyl sites for hydroxylation is 2. The van der Waals surface area contributed by atoms with E-state index in [9.17, 15) is 4.79 Å². The maximum absolute atomic E-state index is 11.8. The Morgan fingerprint density at radius 2 is 1.90 bits per heavy atom. The monoisotopic (exact) mass is 277 g/mol. The molecular weight excluding hydrogens is 254 g/mol. The lowest BCUT2D eigenvalue weighted by atomic mass is 10.1. The molecule has 1 amide bonds. The highest BCUT2D eigenvalue weighted by Gasteiger charge is 2.17. The Bertz CT molecular complexity index is 456. The van der Waals surface area contributed by atoms with E-state index >= 15 is 0 Å². The zero-order chi connectivity index (χ0) is 14.5. The standard InChI is InChI=1S/C16H23NO3/c1-11-7-13(9-18)8-12(2)16(11)20-10-15(19)17-14-5-3-4-6-14/h7-8,14,18H,3-6,9-10H2,1-2H3,(H,17,19). The highest BCUT2D eigenvalue weighted by molar-refractivity contribution is 5.78. The van der Waals surface area contributed by atoms with E-state index in [1.165, 1.54) is 12.8 Å². The maximum atomic E-state index is 11.8. The molecule has 0 saturated heterocycles. The molecule has 0 aliphatic heterocycles. The van der Waals surface area contributed by atoms with Gasteiger partial charge in [0.05, 0.1) is 6.61 Å². The van der Waals surface area contributed by atoms with Crippen molar-refractivity contribution >= 4 is 5.91 Å². The first kappa shape index (κ1) is 14.9. The molecular formula is C16H23NO3. The quantitative estimate of drug-likeness (QED) is 0.867. The van der Waals surface area contributed by atoms with Gasteiger partial charge in [0.15, 0.2) is 6.61 Å². The summed E-state index contributed by atoms with van der Waals surface area (Å²) in [7, 11) is 0. The van der Waals surface area contributed by atoms with E-state index in [2.05, 4.69) is 5.32 Å². The lowest BCUT2D eigenvalue weighted by molar-refractivity contribution is -0.123. The second-order valence-electron chi connectivity index (χ2n) is 5.55. The van der Waals surface area contributed by atoms with Gasteiger partial charge in [-0.3, -0.25) is 4.79 Å². The van der Waals surface area contributed by atoms with Gasteiger partial charge in [-0.1, -0.05) is 25.0 Å². The normalized spacial score (nSPS) is 15.3. The summed E-state index contributed by atoms with van der Waals surface area (Å²) in [5.74, 6) is 0.686. The van der Waals surface area contributed by atoms with Crippen molar-refractivity contribution in [1.82, 2.24) is 5.32 Å². The molecule has 1 aliphatic rings. The lowest BCUT2D eigenvalue weighted by Crippen LogP contribution is -2.36. The molecule has 1 aliphatic carbocycles. The molecule has 0 heterocycles. The van der Waals surface area contributed by atoms with Crippen molar-refractivity contribution < 1.29 is 14.6 Å². The Labute approximate surface area is 120 Å². The zero-order valence-corrected chi connectivity index (χ0v) is 12.2. The van der Waals surface area contributed by atoms with Crippen molar-refractivity contribution in [1.29, 1.82) is 0 Å². The van der Waals surface area contributed by atoms with Gasteiger partial charge < -0.3 is 15.2 Å². The summed E-state index contributed by atoms with van der Waals surface area (Å²) in [6.07, 6.45) is 4.56. The minimum atomic E-state index is -0.0538. The van der Waals surface area contributed by atoms with Crippen molar-refractivity contribution in [3.63, 3.8) is 0 Å². The third-order valence-corrected chi connectivity index (χ3v) is 3.77. The first-order valence-electron chi connectivity index (χ1n) is 7.23. The summed E-state index contributed by atoms with van der Waals surface area (Å²) in [5.41, 5.74) is 2.76. The van der Waals surface area contributed by atoms with Crippen LogP contribution in [0.2, 0.25) is 0 Å². The Kier molecular flexibility index (Phi) is 5.01. The number of hydrogen-bond acceptors (Lipinski definition) is 3. The van der Waals surface area contributed by atoms with Crippen molar-refractivity contribution in [3.8, 4) is 5.75 Å². The molecule has 1 aromatic rings. The number of amides is 1. The van der Waals surface area contributed by atoms with E-state index < -0.39 is 0 Å². The van der Waals surface area contributed by atoms with Crippen LogP contribution in [0.15, 0.2) is 12.1 Å². The average Bonchev–Trinajstić information content (AvgIpc) is 2.90. The van der Waals surface area contributed by atoms with Crippen LogP contribution in [0.5, 0.6) is 5.75 Å². The molecule has 2 rings (SSSR count). The van der Waals surface area contributed by atoms with Gasteiger partial charge in [-0.15, -0.1) is 0 Å². The number of aliphatic hydroxyl groups excluding tert-OH is 1. The number of benzene rings is 1. The average molecular weight is 277 g/mol. The van der Waals surface area contributed by atoms with Crippen molar-refractivity contribution in [2.24, 2.45) is 0 Å². The van der Waals surface area contributed by atoms with E-state index in [0.29, 0.717) is 6.04 Å². The first-order valence-corrected chi connectivity index (χ1v) is 7.23. The third-order valence-electron chi connectivity index (χ3n) is 3.77. The van der Waals surface area contributed by atoms with Gasteiger partial charge in [-0.05, 0) is 43.4 Å². The molecule has 1 saturated carbocycles. The van der Waals surface area contributed by atoms with Crippen molar-refractivity contribution in [3.05, 3.63) is 28.8 Å². The van der Waals surface area contributed by atoms with Gasteiger partial charge >= 0.3 is 0 Å². The van der Waals surface area contributed by atoms with E-state index in [0.717, 1.165) is 35.3 Å². The molecule has 0 bridgehead atoms. The SMILES string of the molecule is Cc1cc(CO)cc(C)c1OCC(=O)NC1CCCC1. The Morgan fingerprint density at radius 1 is 1.30 bits per heavy atom. The second kappa shape index (κ2) is 6.75. The van der Waals surface area contributed by atoms with Crippen LogP contribution in [0.4, 0.5) is 0 Å². The minimum absolute atomic E-state index is 0.0180. The predicted molar refractivity (Wildman–Crippen MR) is 77.7 cm³/mol. The lowest BCUT2D eigenvalue weighted by Gasteiger charge is -2.15. The fourth-order valence-corrected chi connectivity index (χ4v) is 2.84. The van der Waals surface area contributed by atoms with Crippen LogP contribution in [-0.2, 0) is 11.4 Å². The summed E-state index contributed by atoms with van der Waals surface area (Å²) in [6.45, 7) is 3.92. The molecule has 2 N–H and O–H groups in total. The molecule has 0 atom stereocenters. The molecule has 1 aromatic carbocycles. The summed E-state index contributed by atoms with van der Waals surface area (Å²) >= 11 is 0. The number of carbonyl (C=O) groups is 1. The van der Waals surface area contributed by atoms with E-state index in [4.69, 9.17) is 9.84 Å². The van der Waals surface area contributed by atoms with Crippen LogP contribution in [0.25, 0.3) is 0 Å². The van der Waals surface area contributed by atoms with Crippen LogP contribution in [0.3, 0.4) is 0 Å². The fraction of sp³-hybridized carbons (Fsp3) is 0.562. The van der Waals surface area contributed by atoms with Gasteiger partial charge in [-0.2, -0.15) is 0 Å². The van der Waals surface area contributed by atoms with E-state index in [1.807, 2.05) is 26.0 Å². The molecule has 110 valence electrons. The number of carbonyl (C=O) groups excluding carboxylic acids is 1. The molecule has 0 spiro atoms.